The van der Waals surface area contributed by atoms with Crippen molar-refractivity contribution in [2.75, 3.05) is 12.5 Å². The number of methoxy groups -OCH3 is 1. The number of halogens is 1. The van der Waals surface area contributed by atoms with E-state index in [1.807, 2.05) is 54.6 Å². The predicted octanol–water partition coefficient (Wildman–Crippen LogP) is 5.10. The minimum absolute atomic E-state index is 0.430. The Bertz CT molecular complexity index is 1210. The van der Waals surface area contributed by atoms with E-state index in [0.717, 1.165) is 21.2 Å². The van der Waals surface area contributed by atoms with Crippen LogP contribution in [0, 0.1) is 4.77 Å². The molecule has 0 amide bonds. The van der Waals surface area contributed by atoms with Crippen LogP contribution in [0.5, 0.6) is 11.5 Å². The molecule has 0 aliphatic heterocycles. The summed E-state index contributed by atoms with van der Waals surface area (Å²) < 4.78 is 14.8. The van der Waals surface area contributed by atoms with E-state index in [0.29, 0.717) is 35.2 Å². The smallest absolute Gasteiger partial charge is 0.214 e. The first-order valence-corrected chi connectivity index (χ1v) is 10.7. The fourth-order valence-electron chi connectivity index (χ4n) is 3.10. The second-order valence-electron chi connectivity index (χ2n) is 6.63. The number of nitrogens with one attached hydrogen (secondary N) is 2. The largest absolute Gasteiger partial charge is 0.493 e. The number of aromatic amines is 1. The molecule has 0 saturated heterocycles. The van der Waals surface area contributed by atoms with Crippen molar-refractivity contribution >= 4 is 28.1 Å². The van der Waals surface area contributed by atoms with E-state index in [1.165, 1.54) is 0 Å². The van der Waals surface area contributed by atoms with E-state index in [1.54, 1.807) is 24.2 Å². The van der Waals surface area contributed by atoms with E-state index < -0.39 is 0 Å². The van der Waals surface area contributed by atoms with Crippen LogP contribution >= 0.6 is 28.1 Å². The van der Waals surface area contributed by atoms with Crippen LogP contribution in [0.15, 0.2) is 71.5 Å². The van der Waals surface area contributed by atoms with Crippen molar-refractivity contribution in [2.24, 2.45) is 0 Å². The Labute approximate surface area is 193 Å². The zero-order valence-corrected chi connectivity index (χ0v) is 19.1. The summed E-state index contributed by atoms with van der Waals surface area (Å²) in [5.41, 5.74) is 6.21. The van der Waals surface area contributed by atoms with Gasteiger partial charge in [0.15, 0.2) is 17.3 Å². The molecule has 0 aliphatic rings. The van der Waals surface area contributed by atoms with Crippen LogP contribution in [0.1, 0.15) is 11.1 Å². The molecule has 2 heterocycles. The van der Waals surface area contributed by atoms with E-state index in [2.05, 4.69) is 36.5 Å². The van der Waals surface area contributed by atoms with Crippen molar-refractivity contribution in [3.8, 4) is 22.9 Å². The molecular weight excluding hydrogens is 478 g/mol. The number of aromatic nitrogens is 4. The number of hydrogen-bond acceptors (Lipinski definition) is 6. The lowest BCUT2D eigenvalue weighted by atomic mass is 10.2. The van der Waals surface area contributed by atoms with Crippen LogP contribution in [-0.4, -0.2) is 27.0 Å². The first-order valence-electron chi connectivity index (χ1n) is 9.50. The third-order valence-corrected chi connectivity index (χ3v) is 5.31. The molecule has 7 nitrogen and oxygen atoms in total. The molecule has 0 unspecified atom stereocenters. The maximum atomic E-state index is 6.16. The summed E-state index contributed by atoms with van der Waals surface area (Å²) in [5, 5.41) is 7.17. The fourth-order valence-corrected chi connectivity index (χ4v) is 3.78. The Balaban J connectivity index is 1.61. The topological polar surface area (TPSA) is 77.0 Å². The van der Waals surface area contributed by atoms with E-state index in [-0.39, 0.29) is 0 Å². The number of pyridine rings is 1. The highest BCUT2D eigenvalue weighted by molar-refractivity contribution is 9.10. The highest BCUT2D eigenvalue weighted by Gasteiger charge is 2.15. The van der Waals surface area contributed by atoms with Gasteiger partial charge in [0.2, 0.25) is 4.77 Å². The zero-order chi connectivity index (χ0) is 21.6. The van der Waals surface area contributed by atoms with Crippen LogP contribution in [0.3, 0.4) is 0 Å². The van der Waals surface area contributed by atoms with Gasteiger partial charge >= 0.3 is 0 Å². The molecule has 0 spiro atoms. The number of nitrogens with zero attached hydrogens (tertiary/aromatic N) is 3. The van der Waals surface area contributed by atoms with Gasteiger partial charge in [0.05, 0.1) is 13.7 Å². The molecular formula is C22H20BrN5O2S. The number of hydrogen-bond donors (Lipinski definition) is 2. The Morgan fingerprint density at radius 2 is 1.90 bits per heavy atom. The predicted molar refractivity (Wildman–Crippen MR) is 125 cm³/mol. The van der Waals surface area contributed by atoms with Crippen molar-refractivity contribution in [1.82, 2.24) is 19.9 Å². The molecule has 2 N–H and O–H groups in total. The van der Waals surface area contributed by atoms with Gasteiger partial charge in [-0.1, -0.05) is 46.3 Å². The second-order valence-corrected chi connectivity index (χ2v) is 7.93. The first-order chi connectivity index (χ1) is 15.2. The average molecular weight is 498 g/mol. The van der Waals surface area contributed by atoms with Crippen molar-refractivity contribution in [1.29, 1.82) is 0 Å². The molecule has 4 rings (SSSR count). The summed E-state index contributed by atoms with van der Waals surface area (Å²) >= 11 is 8.96. The van der Waals surface area contributed by atoms with Gasteiger partial charge in [0.1, 0.15) is 6.61 Å². The maximum absolute atomic E-state index is 6.16. The van der Waals surface area contributed by atoms with Crippen molar-refractivity contribution < 1.29 is 9.47 Å². The molecule has 0 saturated carbocycles. The molecule has 0 radical (unpaired) electrons. The second kappa shape index (κ2) is 9.76. The Morgan fingerprint density at radius 1 is 1.13 bits per heavy atom. The molecule has 2 aromatic heterocycles. The van der Waals surface area contributed by atoms with Gasteiger partial charge in [-0.3, -0.25) is 4.98 Å². The molecule has 9 heteroatoms. The fraction of sp³-hybridized carbons (Fsp3) is 0.136. The van der Waals surface area contributed by atoms with Crippen LogP contribution in [-0.2, 0) is 13.2 Å². The van der Waals surface area contributed by atoms with Gasteiger partial charge in [-0.2, -0.15) is 5.10 Å². The first kappa shape index (κ1) is 21.1. The van der Waals surface area contributed by atoms with Gasteiger partial charge in [-0.25, -0.2) is 9.77 Å². The maximum Gasteiger partial charge on any atom is 0.214 e. The third kappa shape index (κ3) is 4.95. The Kier molecular flexibility index (Phi) is 6.63. The van der Waals surface area contributed by atoms with Crippen molar-refractivity contribution in [3.05, 3.63) is 87.4 Å². The minimum atomic E-state index is 0.430. The lowest BCUT2D eigenvalue weighted by Gasteiger charge is -2.17. The van der Waals surface area contributed by atoms with Gasteiger partial charge < -0.3 is 14.9 Å². The molecule has 0 atom stereocenters. The number of benzene rings is 2. The summed E-state index contributed by atoms with van der Waals surface area (Å²) in [4.78, 5) is 4.06. The molecule has 0 aliphatic carbocycles. The van der Waals surface area contributed by atoms with Crippen molar-refractivity contribution in [3.63, 3.8) is 0 Å². The quantitative estimate of drug-likeness (QED) is 0.330. The highest BCUT2D eigenvalue weighted by atomic mass is 79.9. The van der Waals surface area contributed by atoms with Gasteiger partial charge in [0.25, 0.3) is 0 Å². The molecule has 31 heavy (non-hydrogen) atoms. The minimum Gasteiger partial charge on any atom is -0.493 e. The molecule has 158 valence electrons. The Hall–Kier alpha value is -3.17. The Morgan fingerprint density at radius 3 is 2.65 bits per heavy atom. The summed E-state index contributed by atoms with van der Waals surface area (Å²) in [6, 6.07) is 17.6. The van der Waals surface area contributed by atoms with E-state index >= 15 is 0 Å². The SMILES string of the molecule is COc1cc(Br)cc(CNn2c(-c3ccncc3)n[nH]c2=S)c1OCc1ccccc1. The van der Waals surface area contributed by atoms with Crippen LogP contribution in [0.25, 0.3) is 11.4 Å². The van der Waals surface area contributed by atoms with Gasteiger partial charge in [-0.15, -0.1) is 0 Å². The molecule has 4 aromatic rings. The van der Waals surface area contributed by atoms with E-state index in [4.69, 9.17) is 21.7 Å². The van der Waals surface area contributed by atoms with E-state index in [9.17, 15) is 0 Å². The summed E-state index contributed by atoms with van der Waals surface area (Å²) in [6.45, 7) is 0.866. The molecule has 0 fully saturated rings. The lowest BCUT2D eigenvalue weighted by molar-refractivity contribution is 0.281. The number of H-pyrrole nitrogens is 1. The average Bonchev–Trinajstić information content (AvgIpc) is 3.18. The highest BCUT2D eigenvalue weighted by Crippen LogP contribution is 2.35. The van der Waals surface area contributed by atoms with Crippen LogP contribution in [0.2, 0.25) is 0 Å². The summed E-state index contributed by atoms with van der Waals surface area (Å²) in [5.74, 6) is 1.98. The van der Waals surface area contributed by atoms with Crippen molar-refractivity contribution in [2.45, 2.75) is 13.2 Å². The summed E-state index contributed by atoms with van der Waals surface area (Å²) in [7, 11) is 1.63. The number of ether oxygens (including phenoxy) is 2. The monoisotopic (exact) mass is 497 g/mol. The number of rotatable bonds is 8. The third-order valence-electron chi connectivity index (χ3n) is 4.58. The zero-order valence-electron chi connectivity index (χ0n) is 16.7. The summed E-state index contributed by atoms with van der Waals surface area (Å²) in [6.07, 6.45) is 3.43. The molecule has 0 bridgehead atoms. The molecule has 2 aromatic carbocycles. The normalized spacial score (nSPS) is 10.6. The van der Waals surface area contributed by atoms with Gasteiger partial charge in [0, 0.05) is 28.0 Å². The standard InChI is InChI=1S/C22H20BrN5O2S/c1-29-19-12-18(23)11-17(20(19)30-14-15-5-3-2-4-6-15)13-25-28-21(26-27-22(28)31)16-7-9-24-10-8-16/h2-12,25H,13-14H2,1H3,(H,27,31). The van der Waals surface area contributed by atoms with Crippen LogP contribution < -0.4 is 14.9 Å². The van der Waals surface area contributed by atoms with Crippen LogP contribution in [0.4, 0.5) is 0 Å². The van der Waals surface area contributed by atoms with Gasteiger partial charge in [-0.05, 0) is 42.0 Å². The lowest BCUT2D eigenvalue weighted by Crippen LogP contribution is -2.17.